The summed E-state index contributed by atoms with van der Waals surface area (Å²) in [6.45, 7) is 8.37. The first-order chi connectivity index (χ1) is 14.0. The molecule has 0 radical (unpaired) electrons. The molecule has 162 valence electrons. The number of hydrogen-bond acceptors (Lipinski definition) is 5. The Labute approximate surface area is 175 Å². The third kappa shape index (κ3) is 4.45. The predicted molar refractivity (Wildman–Crippen MR) is 110 cm³/mol. The van der Waals surface area contributed by atoms with Crippen molar-refractivity contribution in [2.75, 3.05) is 12.3 Å². The zero-order valence-electron chi connectivity index (χ0n) is 17.5. The van der Waals surface area contributed by atoms with E-state index in [9.17, 15) is 22.4 Å². The minimum atomic E-state index is -4.01. The van der Waals surface area contributed by atoms with E-state index in [1.165, 1.54) is 22.9 Å². The van der Waals surface area contributed by atoms with Gasteiger partial charge in [0.25, 0.3) is 5.91 Å². The molecule has 3 rings (SSSR count). The first-order valence-electron chi connectivity index (χ1n) is 9.92. The molecule has 30 heavy (non-hydrogen) atoms. The van der Waals surface area contributed by atoms with Gasteiger partial charge in [0.15, 0.2) is 10.8 Å². The van der Waals surface area contributed by atoms with Gasteiger partial charge in [-0.15, -0.1) is 0 Å². The number of rotatable bonds is 7. The molecular formula is C21H26FN3O4S. The van der Waals surface area contributed by atoms with Crippen molar-refractivity contribution in [2.24, 2.45) is 0 Å². The summed E-state index contributed by atoms with van der Waals surface area (Å²) in [6.07, 6.45) is -0.103. The maximum Gasteiger partial charge on any atom is 0.269 e. The van der Waals surface area contributed by atoms with Gasteiger partial charge < -0.3 is 5.32 Å². The number of sulfone groups is 1. The van der Waals surface area contributed by atoms with Crippen molar-refractivity contribution in [3.8, 4) is 0 Å². The molecule has 0 unspecified atom stereocenters. The minimum absolute atomic E-state index is 0.0176. The molecule has 1 N–H and O–H groups in total. The number of Topliss-reactive ketones (excluding diaryl/α,β-unsaturated/α-hetero) is 1. The summed E-state index contributed by atoms with van der Waals surface area (Å²) in [5.74, 6) is -2.02. The van der Waals surface area contributed by atoms with Crippen LogP contribution in [-0.4, -0.2) is 42.2 Å². The van der Waals surface area contributed by atoms with Crippen LogP contribution in [0, 0.1) is 5.82 Å². The van der Waals surface area contributed by atoms with Crippen LogP contribution in [0.25, 0.3) is 0 Å². The fourth-order valence-corrected chi connectivity index (χ4v) is 4.90. The molecule has 0 saturated heterocycles. The van der Waals surface area contributed by atoms with Gasteiger partial charge in [0.1, 0.15) is 17.3 Å². The lowest BCUT2D eigenvalue weighted by Crippen LogP contribution is -2.35. The van der Waals surface area contributed by atoms with Gasteiger partial charge in [-0.2, -0.15) is 5.10 Å². The predicted octanol–water partition coefficient (Wildman–Crippen LogP) is 2.60. The Morgan fingerprint density at radius 3 is 2.30 bits per heavy atom. The Morgan fingerprint density at radius 2 is 1.77 bits per heavy atom. The quantitative estimate of drug-likeness (QED) is 0.721. The Morgan fingerprint density at radius 1 is 1.17 bits per heavy atom. The fourth-order valence-electron chi connectivity index (χ4n) is 3.71. The topological polar surface area (TPSA) is 98.1 Å². The first kappa shape index (κ1) is 22.1. The van der Waals surface area contributed by atoms with Crippen LogP contribution in [0.1, 0.15) is 66.7 Å². The number of ketones is 1. The number of carbonyl (C=O) groups is 2. The molecule has 1 aliphatic rings. The van der Waals surface area contributed by atoms with Gasteiger partial charge in [0.2, 0.25) is 9.84 Å². The van der Waals surface area contributed by atoms with E-state index in [-0.39, 0.29) is 34.8 Å². The minimum Gasteiger partial charge on any atom is -0.349 e. The average molecular weight is 436 g/mol. The summed E-state index contributed by atoms with van der Waals surface area (Å²) in [5, 5.41) is 6.34. The average Bonchev–Trinajstić information content (AvgIpc) is 3.08. The number of carbonyl (C=O) groups excluding carboxylic acids is 2. The van der Waals surface area contributed by atoms with E-state index >= 15 is 0 Å². The summed E-state index contributed by atoms with van der Waals surface area (Å²) in [4.78, 5) is 24.6. The van der Waals surface area contributed by atoms with E-state index in [1.807, 2.05) is 27.7 Å². The van der Waals surface area contributed by atoms with Crippen LogP contribution < -0.4 is 5.32 Å². The van der Waals surface area contributed by atoms with Crippen LogP contribution >= 0.6 is 0 Å². The summed E-state index contributed by atoms with van der Waals surface area (Å²) in [7, 11) is -4.01. The second kappa shape index (κ2) is 8.29. The smallest absolute Gasteiger partial charge is 0.269 e. The number of halogens is 1. The van der Waals surface area contributed by atoms with Gasteiger partial charge in [-0.05, 0) is 40.7 Å². The number of fused-ring (bicyclic) bond motifs is 1. The standard InChI is InChI=1S/C21H26FN3O4S/c1-12(2)16-7-14(22)8-17(13(3)4)18(16)9-15(26)11-30(28,29)20-10-19-21(27)23-5-6-25(19)24-20/h7-8,10,12-13H,5-6,9,11H2,1-4H3,(H,23,27). The third-order valence-corrected chi connectivity index (χ3v) is 6.71. The van der Waals surface area contributed by atoms with E-state index in [0.29, 0.717) is 29.8 Å². The van der Waals surface area contributed by atoms with Crippen molar-refractivity contribution in [3.63, 3.8) is 0 Å². The molecule has 1 aliphatic heterocycles. The Bertz CT molecular complexity index is 1070. The highest BCUT2D eigenvalue weighted by Crippen LogP contribution is 2.30. The highest BCUT2D eigenvalue weighted by Gasteiger charge is 2.28. The molecule has 2 aromatic rings. The normalized spacial score (nSPS) is 14.2. The molecule has 0 spiro atoms. The van der Waals surface area contributed by atoms with Crippen LogP contribution in [0.3, 0.4) is 0 Å². The van der Waals surface area contributed by atoms with E-state index in [2.05, 4.69) is 10.4 Å². The molecule has 7 nitrogen and oxygen atoms in total. The third-order valence-electron chi connectivity index (χ3n) is 5.17. The summed E-state index contributed by atoms with van der Waals surface area (Å²) >= 11 is 0. The highest BCUT2D eigenvalue weighted by atomic mass is 32.2. The SMILES string of the molecule is CC(C)c1cc(F)cc(C(C)C)c1CC(=O)CS(=O)(=O)c1cc2n(n1)CCNC2=O. The summed E-state index contributed by atoms with van der Waals surface area (Å²) in [6, 6.07) is 4.03. The lowest BCUT2D eigenvalue weighted by atomic mass is 9.86. The fraction of sp³-hybridized carbons (Fsp3) is 0.476. The molecule has 0 atom stereocenters. The number of aromatic nitrogens is 2. The van der Waals surface area contributed by atoms with E-state index < -0.39 is 27.3 Å². The maximum absolute atomic E-state index is 14.1. The van der Waals surface area contributed by atoms with Crippen molar-refractivity contribution in [3.05, 3.63) is 46.4 Å². The zero-order chi connectivity index (χ0) is 22.2. The molecular weight excluding hydrogens is 409 g/mol. The van der Waals surface area contributed by atoms with Crippen LogP contribution in [0.4, 0.5) is 4.39 Å². The zero-order valence-corrected chi connectivity index (χ0v) is 18.3. The molecule has 1 amide bonds. The van der Waals surface area contributed by atoms with Crippen molar-refractivity contribution >= 4 is 21.5 Å². The van der Waals surface area contributed by atoms with Gasteiger partial charge in [-0.25, -0.2) is 12.8 Å². The first-order valence-corrected chi connectivity index (χ1v) is 11.6. The Kier molecular flexibility index (Phi) is 6.12. The largest absolute Gasteiger partial charge is 0.349 e. The van der Waals surface area contributed by atoms with Gasteiger partial charge >= 0.3 is 0 Å². The molecule has 0 bridgehead atoms. The number of benzene rings is 1. The van der Waals surface area contributed by atoms with Crippen LogP contribution in [0.15, 0.2) is 23.2 Å². The highest BCUT2D eigenvalue weighted by molar-refractivity contribution is 7.92. The van der Waals surface area contributed by atoms with E-state index in [4.69, 9.17) is 0 Å². The van der Waals surface area contributed by atoms with Gasteiger partial charge in [0, 0.05) is 19.0 Å². The van der Waals surface area contributed by atoms with E-state index in [1.54, 1.807) is 0 Å². The molecule has 0 saturated carbocycles. The lowest BCUT2D eigenvalue weighted by Gasteiger charge is -2.19. The Balaban J connectivity index is 1.88. The number of nitrogens with zero attached hydrogens (tertiary/aromatic N) is 2. The Hall–Kier alpha value is -2.55. The van der Waals surface area contributed by atoms with Gasteiger partial charge in [-0.1, -0.05) is 27.7 Å². The van der Waals surface area contributed by atoms with Crippen LogP contribution in [0.2, 0.25) is 0 Å². The number of hydrogen-bond donors (Lipinski definition) is 1. The van der Waals surface area contributed by atoms with Crippen molar-refractivity contribution in [2.45, 2.75) is 57.5 Å². The molecule has 9 heteroatoms. The van der Waals surface area contributed by atoms with Gasteiger partial charge in [0.05, 0.1) is 6.54 Å². The molecule has 0 aliphatic carbocycles. The molecule has 1 aromatic heterocycles. The lowest BCUT2D eigenvalue weighted by molar-refractivity contribution is -0.116. The summed E-state index contributed by atoms with van der Waals surface area (Å²) in [5.41, 5.74) is 2.26. The van der Waals surface area contributed by atoms with Crippen LogP contribution in [-0.2, 0) is 27.6 Å². The molecule has 0 fully saturated rings. The second-order valence-corrected chi connectivity index (χ2v) is 10.1. The molecule has 2 heterocycles. The number of nitrogens with one attached hydrogen (secondary N) is 1. The number of amides is 1. The maximum atomic E-state index is 14.1. The molecule has 1 aromatic carbocycles. The summed E-state index contributed by atoms with van der Waals surface area (Å²) < 4.78 is 40.9. The van der Waals surface area contributed by atoms with Crippen molar-refractivity contribution < 1.29 is 22.4 Å². The monoisotopic (exact) mass is 435 g/mol. The van der Waals surface area contributed by atoms with E-state index in [0.717, 1.165) is 0 Å². The second-order valence-electron chi connectivity index (χ2n) is 8.19. The van der Waals surface area contributed by atoms with Crippen LogP contribution in [0.5, 0.6) is 0 Å². The van der Waals surface area contributed by atoms with Gasteiger partial charge in [-0.3, -0.25) is 14.3 Å². The van der Waals surface area contributed by atoms with Crippen molar-refractivity contribution in [1.82, 2.24) is 15.1 Å². The van der Waals surface area contributed by atoms with Crippen molar-refractivity contribution in [1.29, 1.82) is 0 Å².